The molecule has 10 heteroatoms. The molecule has 3 N–H and O–H groups in total. The number of anilines is 1. The number of esters is 1. The first-order chi connectivity index (χ1) is 15.1. The van der Waals surface area contributed by atoms with Gasteiger partial charge in [-0.2, -0.15) is 0 Å². The van der Waals surface area contributed by atoms with E-state index in [9.17, 15) is 24.0 Å². The molecule has 3 amide bonds. The third-order valence-corrected chi connectivity index (χ3v) is 4.16. The average Bonchev–Trinajstić information content (AvgIpc) is 2.71. The average molecular weight is 449 g/mol. The second-order valence-electron chi connectivity index (χ2n) is 7.53. The number of amides is 3. The van der Waals surface area contributed by atoms with Crippen molar-refractivity contribution < 1.29 is 23.9 Å². The number of rotatable bonds is 12. The van der Waals surface area contributed by atoms with Gasteiger partial charge in [-0.3, -0.25) is 19.2 Å². The molecule has 0 aliphatic rings. The van der Waals surface area contributed by atoms with E-state index in [1.807, 2.05) is 13.8 Å². The Morgan fingerprint density at radius 3 is 2.56 bits per heavy atom. The highest BCUT2D eigenvalue weighted by Gasteiger charge is 2.20. The Bertz CT molecular complexity index is 891. The normalized spacial score (nSPS) is 11.8. The molecule has 32 heavy (non-hydrogen) atoms. The van der Waals surface area contributed by atoms with E-state index >= 15 is 0 Å². The van der Waals surface area contributed by atoms with Crippen molar-refractivity contribution in [1.29, 1.82) is 0 Å². The maximum atomic E-state index is 12.7. The lowest BCUT2D eigenvalue weighted by Crippen LogP contribution is -2.44. The Kier molecular flexibility index (Phi) is 11.5. The molecule has 176 valence electrons. The van der Waals surface area contributed by atoms with Crippen molar-refractivity contribution in [2.75, 3.05) is 18.5 Å². The first-order valence-electron chi connectivity index (χ1n) is 10.5. The molecule has 0 saturated carbocycles. The molecule has 0 aromatic carbocycles. The molecule has 0 aliphatic heterocycles. The van der Waals surface area contributed by atoms with Gasteiger partial charge in [0.15, 0.2) is 0 Å². The topological polar surface area (TPSA) is 136 Å². The second-order valence-corrected chi connectivity index (χ2v) is 7.53. The highest BCUT2D eigenvalue weighted by Crippen LogP contribution is 2.05. The number of allylic oxidation sites excluding steroid dienone is 1. The number of hydrogen-bond donors (Lipinski definition) is 3. The Hall–Kier alpha value is -3.43. The van der Waals surface area contributed by atoms with Gasteiger partial charge in [0.25, 0.3) is 5.56 Å². The second kappa shape index (κ2) is 13.8. The molecule has 0 saturated heterocycles. The van der Waals surface area contributed by atoms with E-state index in [1.54, 1.807) is 19.1 Å². The van der Waals surface area contributed by atoms with E-state index in [0.717, 1.165) is 0 Å². The fraction of sp³-hybridized carbons (Fsp3) is 0.500. The zero-order chi connectivity index (χ0) is 24.1. The lowest BCUT2D eigenvalue weighted by atomic mass is 10.1. The fourth-order valence-corrected chi connectivity index (χ4v) is 2.65. The summed E-state index contributed by atoms with van der Waals surface area (Å²) in [6.45, 7) is 7.46. The largest absolute Gasteiger partial charge is 0.463 e. The smallest absolute Gasteiger partial charge is 0.330 e. The van der Waals surface area contributed by atoms with Crippen molar-refractivity contribution in [2.24, 2.45) is 5.92 Å². The van der Waals surface area contributed by atoms with E-state index in [4.69, 9.17) is 4.74 Å². The molecule has 0 unspecified atom stereocenters. The number of aromatic nitrogens is 1. The van der Waals surface area contributed by atoms with Crippen LogP contribution in [0.5, 0.6) is 0 Å². The van der Waals surface area contributed by atoms with Crippen LogP contribution in [0.1, 0.15) is 40.5 Å². The van der Waals surface area contributed by atoms with Crippen molar-refractivity contribution in [3.05, 3.63) is 40.8 Å². The number of hydrogen-bond acceptors (Lipinski definition) is 6. The summed E-state index contributed by atoms with van der Waals surface area (Å²) in [6.07, 6.45) is 4.79. The fourth-order valence-electron chi connectivity index (χ4n) is 2.65. The molecule has 1 heterocycles. The SMILES string of the molecule is CCOC(=O)/C=C/CC[C@H](NC(C)=O)C(=O)Nc1cccn(CC(=O)NCC(C)C)c1=O. The van der Waals surface area contributed by atoms with Gasteiger partial charge in [0.2, 0.25) is 17.7 Å². The molecular weight excluding hydrogens is 416 g/mol. The van der Waals surface area contributed by atoms with Gasteiger partial charge in [0, 0.05) is 25.7 Å². The number of pyridine rings is 1. The Morgan fingerprint density at radius 1 is 1.22 bits per heavy atom. The zero-order valence-corrected chi connectivity index (χ0v) is 19.0. The lowest BCUT2D eigenvalue weighted by Gasteiger charge is -2.17. The number of nitrogens with one attached hydrogen (secondary N) is 3. The van der Waals surface area contributed by atoms with E-state index < -0.39 is 29.4 Å². The molecule has 0 radical (unpaired) electrons. The van der Waals surface area contributed by atoms with Crippen LogP contribution in [0, 0.1) is 5.92 Å². The minimum absolute atomic E-state index is 0.00780. The van der Waals surface area contributed by atoms with Crippen molar-refractivity contribution in [3.63, 3.8) is 0 Å². The van der Waals surface area contributed by atoms with Crippen molar-refractivity contribution >= 4 is 29.4 Å². The van der Waals surface area contributed by atoms with Crippen molar-refractivity contribution in [3.8, 4) is 0 Å². The van der Waals surface area contributed by atoms with Gasteiger partial charge < -0.3 is 25.3 Å². The molecule has 10 nitrogen and oxygen atoms in total. The zero-order valence-electron chi connectivity index (χ0n) is 19.0. The third-order valence-electron chi connectivity index (χ3n) is 4.16. The number of ether oxygens (including phenoxy) is 1. The minimum atomic E-state index is -0.915. The van der Waals surface area contributed by atoms with E-state index in [-0.39, 0.29) is 37.1 Å². The first kappa shape index (κ1) is 26.6. The Balaban J connectivity index is 2.82. The lowest BCUT2D eigenvalue weighted by molar-refractivity contribution is -0.137. The number of carbonyl (C=O) groups is 4. The number of carbonyl (C=O) groups excluding carboxylic acids is 4. The quantitative estimate of drug-likeness (QED) is 0.322. The van der Waals surface area contributed by atoms with E-state index in [0.29, 0.717) is 13.0 Å². The van der Waals surface area contributed by atoms with Gasteiger partial charge in [-0.15, -0.1) is 0 Å². The molecule has 1 atom stereocenters. The number of nitrogens with zero attached hydrogens (tertiary/aromatic N) is 1. The van der Waals surface area contributed by atoms with Gasteiger partial charge in [0.1, 0.15) is 18.3 Å². The standard InChI is InChI=1S/C22H32N4O6/c1-5-32-20(29)11-7-6-9-17(24-16(4)27)21(30)25-18-10-8-12-26(22(18)31)14-19(28)23-13-15(2)3/h7-8,10-12,15,17H,5-6,9,13-14H2,1-4H3,(H,23,28)(H,24,27)(H,25,30)/b11-7+/t17-/m0/s1. The summed E-state index contributed by atoms with van der Waals surface area (Å²) in [4.78, 5) is 60.2. The van der Waals surface area contributed by atoms with Crippen LogP contribution in [0.25, 0.3) is 0 Å². The third kappa shape index (κ3) is 10.1. The summed E-state index contributed by atoms with van der Waals surface area (Å²) in [5, 5.41) is 7.78. The predicted molar refractivity (Wildman–Crippen MR) is 120 cm³/mol. The molecule has 0 bridgehead atoms. The molecule has 0 spiro atoms. The van der Waals surface area contributed by atoms with Gasteiger partial charge in [-0.05, 0) is 37.8 Å². The maximum Gasteiger partial charge on any atom is 0.330 e. The molecule has 0 aliphatic carbocycles. The molecular formula is C22H32N4O6. The Labute approximate surface area is 187 Å². The van der Waals surface area contributed by atoms with Crippen LogP contribution >= 0.6 is 0 Å². The summed E-state index contributed by atoms with van der Waals surface area (Å²) in [6, 6.07) is 2.05. The first-order valence-corrected chi connectivity index (χ1v) is 10.5. The van der Waals surface area contributed by atoms with Crippen LogP contribution in [0.15, 0.2) is 35.3 Å². The van der Waals surface area contributed by atoms with Crippen LogP contribution in [0.4, 0.5) is 5.69 Å². The monoisotopic (exact) mass is 448 g/mol. The highest BCUT2D eigenvalue weighted by atomic mass is 16.5. The van der Waals surface area contributed by atoms with Crippen LogP contribution in [0.3, 0.4) is 0 Å². The van der Waals surface area contributed by atoms with Crippen LogP contribution < -0.4 is 21.5 Å². The summed E-state index contributed by atoms with van der Waals surface area (Å²) in [5.41, 5.74) is -0.545. The minimum Gasteiger partial charge on any atom is -0.463 e. The summed E-state index contributed by atoms with van der Waals surface area (Å²) < 4.78 is 5.97. The van der Waals surface area contributed by atoms with Crippen LogP contribution in [-0.4, -0.2) is 47.5 Å². The molecule has 1 aromatic rings. The van der Waals surface area contributed by atoms with E-state index in [2.05, 4.69) is 16.0 Å². The predicted octanol–water partition coefficient (Wildman–Crippen LogP) is 0.963. The maximum absolute atomic E-state index is 12.7. The highest BCUT2D eigenvalue weighted by molar-refractivity contribution is 5.96. The molecule has 1 aromatic heterocycles. The van der Waals surface area contributed by atoms with Gasteiger partial charge in [-0.25, -0.2) is 4.79 Å². The van der Waals surface area contributed by atoms with Gasteiger partial charge in [-0.1, -0.05) is 19.9 Å². The summed E-state index contributed by atoms with van der Waals surface area (Å²) in [7, 11) is 0. The van der Waals surface area contributed by atoms with Crippen molar-refractivity contribution in [1.82, 2.24) is 15.2 Å². The van der Waals surface area contributed by atoms with Crippen LogP contribution in [0.2, 0.25) is 0 Å². The Morgan fingerprint density at radius 2 is 1.94 bits per heavy atom. The summed E-state index contributed by atoms with van der Waals surface area (Å²) in [5.74, 6) is -1.51. The van der Waals surface area contributed by atoms with Gasteiger partial charge in [0.05, 0.1) is 6.61 Å². The van der Waals surface area contributed by atoms with Gasteiger partial charge >= 0.3 is 5.97 Å². The molecule has 1 rings (SSSR count). The van der Waals surface area contributed by atoms with Crippen molar-refractivity contribution in [2.45, 2.75) is 53.1 Å². The molecule has 0 fully saturated rings. The van der Waals surface area contributed by atoms with E-state index in [1.165, 1.54) is 29.8 Å². The summed E-state index contributed by atoms with van der Waals surface area (Å²) >= 11 is 0. The van der Waals surface area contributed by atoms with Crippen LogP contribution in [-0.2, 0) is 30.5 Å².